The minimum atomic E-state index is -1.16. The second-order valence-electron chi connectivity index (χ2n) is 4.46. The van der Waals surface area contributed by atoms with Gasteiger partial charge in [0.25, 0.3) is 5.69 Å². The zero-order chi connectivity index (χ0) is 16.1. The lowest BCUT2D eigenvalue weighted by molar-refractivity contribution is -0.384. The molecule has 1 atom stereocenters. The molecule has 0 amide bonds. The van der Waals surface area contributed by atoms with Crippen molar-refractivity contribution in [1.82, 2.24) is 0 Å². The summed E-state index contributed by atoms with van der Waals surface area (Å²) in [4.78, 5) is 21.6. The molecule has 0 spiro atoms. The fraction of sp³-hybridized carbons (Fsp3) is 0.0667. The molecule has 0 aromatic heterocycles. The monoisotopic (exact) mass is 297 g/mol. The summed E-state index contributed by atoms with van der Waals surface area (Å²) >= 11 is 0. The summed E-state index contributed by atoms with van der Waals surface area (Å²) in [6.45, 7) is 0. The van der Waals surface area contributed by atoms with Crippen molar-refractivity contribution in [2.24, 2.45) is 0 Å². The van der Waals surface area contributed by atoms with Gasteiger partial charge in [-0.25, -0.2) is 4.79 Å². The van der Waals surface area contributed by atoms with Crippen LogP contribution < -0.4 is 5.32 Å². The first-order valence-electron chi connectivity index (χ1n) is 6.25. The highest BCUT2D eigenvalue weighted by atomic mass is 16.6. The molecule has 0 saturated carbocycles. The number of hydrogen-bond donors (Lipinski definition) is 2. The van der Waals surface area contributed by atoms with Crippen LogP contribution in [0.2, 0.25) is 0 Å². The van der Waals surface area contributed by atoms with Crippen LogP contribution in [0, 0.1) is 21.4 Å². The number of carboxylic acids is 1. The molecule has 0 radical (unpaired) electrons. The van der Waals surface area contributed by atoms with Gasteiger partial charge in [0, 0.05) is 17.8 Å². The van der Waals surface area contributed by atoms with E-state index >= 15 is 0 Å². The molecule has 2 aromatic carbocycles. The first-order valence-corrected chi connectivity index (χ1v) is 6.25. The van der Waals surface area contributed by atoms with E-state index in [1.807, 2.05) is 6.07 Å². The van der Waals surface area contributed by atoms with Crippen molar-refractivity contribution < 1.29 is 14.8 Å². The molecule has 0 heterocycles. The van der Waals surface area contributed by atoms with Crippen molar-refractivity contribution in [2.45, 2.75) is 6.04 Å². The predicted octanol–water partition coefficient (Wildman–Crippen LogP) is 2.70. The van der Waals surface area contributed by atoms with Gasteiger partial charge in [0.15, 0.2) is 6.04 Å². The number of benzene rings is 2. The van der Waals surface area contributed by atoms with Crippen LogP contribution in [0.3, 0.4) is 0 Å². The van der Waals surface area contributed by atoms with Crippen molar-refractivity contribution >= 4 is 17.3 Å². The molecule has 0 saturated heterocycles. The molecule has 1 unspecified atom stereocenters. The molecule has 7 nitrogen and oxygen atoms in total. The normalized spacial score (nSPS) is 11.2. The number of nitro groups is 1. The highest BCUT2D eigenvalue weighted by molar-refractivity contribution is 5.79. The molecule has 0 aliphatic rings. The highest BCUT2D eigenvalue weighted by Gasteiger charge is 2.21. The quantitative estimate of drug-likeness (QED) is 0.647. The van der Waals surface area contributed by atoms with Gasteiger partial charge in [0.2, 0.25) is 0 Å². The minimum Gasteiger partial charge on any atom is -0.479 e. The number of carbonyl (C=O) groups is 1. The number of non-ortho nitro benzene ring substituents is 1. The molecule has 22 heavy (non-hydrogen) atoms. The van der Waals surface area contributed by atoms with E-state index in [0.29, 0.717) is 11.3 Å². The number of nitrogens with one attached hydrogen (secondary N) is 1. The summed E-state index contributed by atoms with van der Waals surface area (Å²) in [5, 5.41) is 31.6. The Kier molecular flexibility index (Phi) is 4.34. The fourth-order valence-corrected chi connectivity index (χ4v) is 1.91. The van der Waals surface area contributed by atoms with Gasteiger partial charge in [0.1, 0.15) is 0 Å². The van der Waals surface area contributed by atoms with Crippen LogP contribution in [0.1, 0.15) is 17.2 Å². The Morgan fingerprint density at radius 1 is 1.27 bits per heavy atom. The molecule has 0 aliphatic carbocycles. The van der Waals surface area contributed by atoms with Gasteiger partial charge in [-0.05, 0) is 29.8 Å². The lowest BCUT2D eigenvalue weighted by atomic mass is 10.1. The number of nitrogens with zero attached hydrogens (tertiary/aromatic N) is 2. The highest BCUT2D eigenvalue weighted by Crippen LogP contribution is 2.23. The van der Waals surface area contributed by atoms with Crippen molar-refractivity contribution in [2.75, 3.05) is 5.32 Å². The van der Waals surface area contributed by atoms with Crippen molar-refractivity contribution in [1.29, 1.82) is 5.26 Å². The van der Waals surface area contributed by atoms with Crippen LogP contribution in [0.25, 0.3) is 0 Å². The van der Waals surface area contributed by atoms with E-state index in [-0.39, 0.29) is 11.3 Å². The van der Waals surface area contributed by atoms with Gasteiger partial charge in [-0.2, -0.15) is 5.26 Å². The average molecular weight is 297 g/mol. The zero-order valence-corrected chi connectivity index (χ0v) is 11.3. The van der Waals surface area contributed by atoms with Gasteiger partial charge >= 0.3 is 5.97 Å². The SMILES string of the molecule is N#Cc1ccc(NC(C(=O)O)c2cccc([N+](=O)[O-])c2)cc1. The van der Waals surface area contributed by atoms with Gasteiger partial charge < -0.3 is 10.4 Å². The average Bonchev–Trinajstić information content (AvgIpc) is 2.53. The Hall–Kier alpha value is -3.40. The number of carboxylic acid groups (broad SMARTS) is 1. The largest absolute Gasteiger partial charge is 0.479 e. The minimum absolute atomic E-state index is 0.176. The number of anilines is 1. The number of nitro benzene ring substituents is 1. The number of aliphatic carboxylic acids is 1. The van der Waals surface area contributed by atoms with Crippen LogP contribution in [0.4, 0.5) is 11.4 Å². The lowest BCUT2D eigenvalue weighted by Gasteiger charge is -2.16. The Morgan fingerprint density at radius 2 is 1.95 bits per heavy atom. The van der Waals surface area contributed by atoms with E-state index in [1.54, 1.807) is 24.3 Å². The summed E-state index contributed by atoms with van der Waals surface area (Å²) in [5.41, 5.74) is 1.04. The Bertz CT molecular complexity index is 750. The molecule has 2 aromatic rings. The third-order valence-electron chi connectivity index (χ3n) is 2.99. The fourth-order valence-electron chi connectivity index (χ4n) is 1.91. The van der Waals surface area contributed by atoms with Gasteiger partial charge in [-0.15, -0.1) is 0 Å². The summed E-state index contributed by atoms with van der Waals surface area (Å²) in [6.07, 6.45) is 0. The second kappa shape index (κ2) is 6.37. The first kappa shape index (κ1) is 15.0. The van der Waals surface area contributed by atoms with Crippen LogP contribution in [-0.2, 0) is 4.79 Å². The Morgan fingerprint density at radius 3 is 2.50 bits per heavy atom. The summed E-state index contributed by atoms with van der Waals surface area (Å²) in [6, 6.07) is 12.5. The maximum absolute atomic E-state index is 11.4. The van der Waals surface area contributed by atoms with Crippen molar-refractivity contribution in [3.63, 3.8) is 0 Å². The molecule has 7 heteroatoms. The van der Waals surface area contributed by atoms with Crippen LogP contribution in [0.15, 0.2) is 48.5 Å². The molecule has 0 aliphatic heterocycles. The van der Waals surface area contributed by atoms with Crippen LogP contribution in [-0.4, -0.2) is 16.0 Å². The molecular formula is C15H11N3O4. The third kappa shape index (κ3) is 3.37. The lowest BCUT2D eigenvalue weighted by Crippen LogP contribution is -2.20. The smallest absolute Gasteiger partial charge is 0.330 e. The molecular weight excluding hydrogens is 286 g/mol. The van der Waals surface area contributed by atoms with E-state index in [1.165, 1.54) is 24.3 Å². The number of rotatable bonds is 5. The second-order valence-corrected chi connectivity index (χ2v) is 4.46. The first-order chi connectivity index (χ1) is 10.5. The standard InChI is InChI=1S/C15H11N3O4/c16-9-10-4-6-12(7-5-10)17-14(15(19)20)11-2-1-3-13(8-11)18(21)22/h1-8,14,17H,(H,19,20). The van der Waals surface area contributed by atoms with Gasteiger partial charge in [-0.3, -0.25) is 10.1 Å². The van der Waals surface area contributed by atoms with Crippen LogP contribution >= 0.6 is 0 Å². The maximum Gasteiger partial charge on any atom is 0.330 e. The number of nitriles is 1. The summed E-state index contributed by atoms with van der Waals surface area (Å²) < 4.78 is 0. The van der Waals surface area contributed by atoms with Gasteiger partial charge in [-0.1, -0.05) is 12.1 Å². The molecule has 2 N–H and O–H groups in total. The maximum atomic E-state index is 11.4. The van der Waals surface area contributed by atoms with Gasteiger partial charge in [0.05, 0.1) is 16.6 Å². The number of hydrogen-bond acceptors (Lipinski definition) is 5. The third-order valence-corrected chi connectivity index (χ3v) is 2.99. The molecule has 2 rings (SSSR count). The van der Waals surface area contributed by atoms with E-state index in [9.17, 15) is 20.0 Å². The molecule has 110 valence electrons. The van der Waals surface area contributed by atoms with Crippen LogP contribution in [0.5, 0.6) is 0 Å². The van der Waals surface area contributed by atoms with E-state index < -0.39 is 16.9 Å². The van der Waals surface area contributed by atoms with E-state index in [4.69, 9.17) is 5.26 Å². The van der Waals surface area contributed by atoms with E-state index in [2.05, 4.69) is 5.32 Å². The Balaban J connectivity index is 2.30. The molecule has 0 fully saturated rings. The summed E-state index contributed by atoms with van der Waals surface area (Å²) in [7, 11) is 0. The topological polar surface area (TPSA) is 116 Å². The van der Waals surface area contributed by atoms with E-state index in [0.717, 1.165) is 0 Å². The zero-order valence-electron chi connectivity index (χ0n) is 11.3. The van der Waals surface area contributed by atoms with Crippen molar-refractivity contribution in [3.8, 4) is 6.07 Å². The predicted molar refractivity (Wildman–Crippen MR) is 78.3 cm³/mol. The Labute approximate surface area is 125 Å². The molecule has 0 bridgehead atoms. The summed E-state index contributed by atoms with van der Waals surface area (Å²) in [5.74, 6) is -1.16. The van der Waals surface area contributed by atoms with Crippen molar-refractivity contribution in [3.05, 3.63) is 69.8 Å².